The number of amides is 4. The fraction of sp³-hybridized carbons (Fsp3) is 0.176. The van der Waals surface area contributed by atoms with Gasteiger partial charge in [0.25, 0.3) is 0 Å². The van der Waals surface area contributed by atoms with Gasteiger partial charge in [0.1, 0.15) is 5.75 Å². The summed E-state index contributed by atoms with van der Waals surface area (Å²) in [7, 11) is 3.17. The molecule has 2 rings (SSSR count). The van der Waals surface area contributed by atoms with Gasteiger partial charge >= 0.3 is 12.1 Å². The molecule has 0 bridgehead atoms. The average Bonchev–Trinajstić information content (AvgIpc) is 2.62. The summed E-state index contributed by atoms with van der Waals surface area (Å²) in [6.07, 6.45) is 0. The van der Waals surface area contributed by atoms with Gasteiger partial charge in [-0.25, -0.2) is 9.59 Å². The Balaban J connectivity index is 0.000000251. The molecule has 25 heavy (non-hydrogen) atoms. The van der Waals surface area contributed by atoms with Crippen molar-refractivity contribution >= 4 is 33.7 Å². The molecule has 8 heteroatoms. The summed E-state index contributed by atoms with van der Waals surface area (Å²) in [6.45, 7) is 0.475. The number of nitrogens with one attached hydrogen (secondary N) is 3. The van der Waals surface area contributed by atoms with Crippen LogP contribution < -0.4 is 26.4 Å². The molecular weight excluding hydrogens is 388 g/mol. The van der Waals surface area contributed by atoms with Crippen molar-refractivity contribution in [3.8, 4) is 5.75 Å². The van der Waals surface area contributed by atoms with E-state index in [2.05, 4.69) is 31.9 Å². The summed E-state index contributed by atoms with van der Waals surface area (Å²) in [5.41, 5.74) is 6.67. The predicted molar refractivity (Wildman–Crippen MR) is 102 cm³/mol. The first-order valence-electron chi connectivity index (χ1n) is 7.35. The SMILES string of the molecule is CNC(=O)Nc1ccc(OC)cc1.NC(=O)NCc1ccc(Br)cc1. The van der Waals surface area contributed by atoms with E-state index in [0.29, 0.717) is 6.54 Å². The summed E-state index contributed by atoms with van der Waals surface area (Å²) in [5, 5.41) is 7.60. The van der Waals surface area contributed by atoms with Crippen LogP contribution in [0.5, 0.6) is 5.75 Å². The first-order valence-corrected chi connectivity index (χ1v) is 8.14. The van der Waals surface area contributed by atoms with Crippen LogP contribution in [0.4, 0.5) is 15.3 Å². The maximum Gasteiger partial charge on any atom is 0.318 e. The van der Waals surface area contributed by atoms with E-state index in [-0.39, 0.29) is 6.03 Å². The molecule has 0 unspecified atom stereocenters. The van der Waals surface area contributed by atoms with Gasteiger partial charge in [0, 0.05) is 23.8 Å². The maximum absolute atomic E-state index is 10.9. The van der Waals surface area contributed by atoms with Crippen molar-refractivity contribution in [2.75, 3.05) is 19.5 Å². The third kappa shape index (κ3) is 8.61. The molecule has 0 aromatic heterocycles. The van der Waals surface area contributed by atoms with Gasteiger partial charge in [-0.2, -0.15) is 0 Å². The van der Waals surface area contributed by atoms with Gasteiger partial charge in [0.2, 0.25) is 0 Å². The Labute approximate surface area is 155 Å². The topological polar surface area (TPSA) is 105 Å². The van der Waals surface area contributed by atoms with Crippen molar-refractivity contribution in [1.29, 1.82) is 0 Å². The van der Waals surface area contributed by atoms with Gasteiger partial charge in [-0.15, -0.1) is 0 Å². The number of hydrogen-bond donors (Lipinski definition) is 4. The third-order valence-electron chi connectivity index (χ3n) is 2.95. The smallest absolute Gasteiger partial charge is 0.318 e. The van der Waals surface area contributed by atoms with Crippen LogP contribution in [0.3, 0.4) is 0 Å². The molecule has 2 aromatic carbocycles. The standard InChI is InChI=1S/C9H12N2O2.C8H9BrN2O/c1-10-9(12)11-7-3-5-8(13-2)6-4-7;9-7-3-1-6(2-4-7)5-11-8(10)12/h3-6H,1-2H3,(H2,10,11,12);1-4H,5H2,(H3,10,11,12). The fourth-order valence-corrected chi connectivity index (χ4v) is 1.92. The van der Waals surface area contributed by atoms with Crippen LogP contribution in [-0.2, 0) is 6.54 Å². The average molecular weight is 409 g/mol. The summed E-state index contributed by atoms with van der Waals surface area (Å²) < 4.78 is 5.99. The van der Waals surface area contributed by atoms with E-state index in [1.54, 1.807) is 38.4 Å². The summed E-state index contributed by atoms with van der Waals surface area (Å²) in [6, 6.07) is 14.0. The number of rotatable bonds is 4. The first kappa shape index (κ1) is 20.3. The highest BCUT2D eigenvalue weighted by Gasteiger charge is 1.97. The lowest BCUT2D eigenvalue weighted by atomic mass is 10.2. The number of urea groups is 2. The van der Waals surface area contributed by atoms with Crippen molar-refractivity contribution in [3.05, 3.63) is 58.6 Å². The van der Waals surface area contributed by atoms with Crippen LogP contribution in [0.25, 0.3) is 0 Å². The minimum atomic E-state index is -0.502. The second-order valence-electron chi connectivity index (χ2n) is 4.78. The Morgan fingerprint density at radius 1 is 1.08 bits per heavy atom. The summed E-state index contributed by atoms with van der Waals surface area (Å²) >= 11 is 3.31. The second-order valence-corrected chi connectivity index (χ2v) is 5.69. The molecule has 7 nitrogen and oxygen atoms in total. The van der Waals surface area contributed by atoms with E-state index in [1.165, 1.54) is 0 Å². The number of halogens is 1. The van der Waals surface area contributed by atoms with E-state index >= 15 is 0 Å². The number of anilines is 1. The van der Waals surface area contributed by atoms with Gasteiger partial charge in [-0.1, -0.05) is 28.1 Å². The summed E-state index contributed by atoms with van der Waals surface area (Å²) in [4.78, 5) is 21.2. The zero-order chi connectivity index (χ0) is 18.7. The molecule has 4 amide bonds. The molecular formula is C17H21BrN4O3. The Kier molecular flexibility index (Phi) is 8.87. The van der Waals surface area contributed by atoms with Crippen LogP contribution >= 0.6 is 15.9 Å². The van der Waals surface area contributed by atoms with Crippen LogP contribution in [0.2, 0.25) is 0 Å². The zero-order valence-corrected chi connectivity index (χ0v) is 15.6. The molecule has 0 spiro atoms. The quantitative estimate of drug-likeness (QED) is 0.624. The molecule has 0 aliphatic heterocycles. The molecule has 5 N–H and O–H groups in total. The van der Waals surface area contributed by atoms with Crippen molar-refractivity contribution in [1.82, 2.24) is 10.6 Å². The molecule has 2 aromatic rings. The molecule has 0 aliphatic rings. The first-order chi connectivity index (χ1) is 11.9. The summed E-state index contributed by atoms with van der Waals surface area (Å²) in [5.74, 6) is 0.766. The predicted octanol–water partition coefficient (Wildman–Crippen LogP) is 3.06. The van der Waals surface area contributed by atoms with Gasteiger partial charge in [0.05, 0.1) is 7.11 Å². The normalized spacial score (nSPS) is 9.24. The van der Waals surface area contributed by atoms with Crippen molar-refractivity contribution in [3.63, 3.8) is 0 Å². The van der Waals surface area contributed by atoms with Gasteiger partial charge in [-0.3, -0.25) is 0 Å². The molecule has 0 saturated heterocycles. The highest BCUT2D eigenvalue weighted by atomic mass is 79.9. The lowest BCUT2D eigenvalue weighted by Gasteiger charge is -2.04. The van der Waals surface area contributed by atoms with Crippen molar-refractivity contribution in [2.24, 2.45) is 5.73 Å². The number of ether oxygens (including phenoxy) is 1. The van der Waals surface area contributed by atoms with Crippen molar-refractivity contribution in [2.45, 2.75) is 6.54 Å². The minimum absolute atomic E-state index is 0.231. The highest BCUT2D eigenvalue weighted by molar-refractivity contribution is 9.10. The monoisotopic (exact) mass is 408 g/mol. The Morgan fingerprint density at radius 3 is 2.16 bits per heavy atom. The van der Waals surface area contributed by atoms with Crippen LogP contribution in [0.1, 0.15) is 5.56 Å². The number of benzene rings is 2. The molecule has 0 fully saturated rings. The molecule has 0 atom stereocenters. The molecule has 0 heterocycles. The van der Waals surface area contributed by atoms with Gasteiger partial charge in [-0.05, 0) is 42.0 Å². The van der Waals surface area contributed by atoms with E-state index in [9.17, 15) is 9.59 Å². The lowest BCUT2D eigenvalue weighted by Crippen LogP contribution is -2.28. The number of carbonyl (C=O) groups excluding carboxylic acids is 2. The number of methoxy groups -OCH3 is 1. The molecule has 0 aliphatic carbocycles. The minimum Gasteiger partial charge on any atom is -0.497 e. The Hall–Kier alpha value is -2.74. The molecule has 134 valence electrons. The maximum atomic E-state index is 10.9. The Morgan fingerprint density at radius 2 is 1.68 bits per heavy atom. The van der Waals surface area contributed by atoms with E-state index in [0.717, 1.165) is 21.5 Å². The molecule has 0 saturated carbocycles. The van der Waals surface area contributed by atoms with Crippen molar-refractivity contribution < 1.29 is 14.3 Å². The molecule has 0 radical (unpaired) electrons. The number of primary amides is 1. The van der Waals surface area contributed by atoms with E-state index in [4.69, 9.17) is 10.5 Å². The van der Waals surface area contributed by atoms with Gasteiger partial charge < -0.3 is 26.4 Å². The second kappa shape index (κ2) is 10.9. The number of nitrogens with two attached hydrogens (primary N) is 1. The highest BCUT2D eigenvalue weighted by Crippen LogP contribution is 2.14. The van der Waals surface area contributed by atoms with Crippen LogP contribution in [0.15, 0.2) is 53.0 Å². The number of hydrogen-bond acceptors (Lipinski definition) is 3. The van der Waals surface area contributed by atoms with Crippen LogP contribution in [0, 0.1) is 0 Å². The van der Waals surface area contributed by atoms with E-state index in [1.807, 2.05) is 24.3 Å². The number of carbonyl (C=O) groups is 2. The zero-order valence-electron chi connectivity index (χ0n) is 14.0. The largest absolute Gasteiger partial charge is 0.497 e. The Bertz CT molecular complexity index is 675. The van der Waals surface area contributed by atoms with E-state index < -0.39 is 6.03 Å². The lowest BCUT2D eigenvalue weighted by molar-refractivity contribution is 0.248. The van der Waals surface area contributed by atoms with Gasteiger partial charge in [0.15, 0.2) is 0 Å². The third-order valence-corrected chi connectivity index (χ3v) is 3.48. The van der Waals surface area contributed by atoms with Crippen LogP contribution in [-0.4, -0.2) is 26.2 Å². The fourth-order valence-electron chi connectivity index (χ4n) is 1.66.